The van der Waals surface area contributed by atoms with E-state index >= 15 is 0 Å². The summed E-state index contributed by atoms with van der Waals surface area (Å²) >= 11 is 0. The number of benzene rings is 1. The molecule has 2 nitrogen and oxygen atoms in total. The molecular weight excluding hydrogens is 232 g/mol. The summed E-state index contributed by atoms with van der Waals surface area (Å²) < 4.78 is 0. The third kappa shape index (κ3) is 4.32. The van der Waals surface area contributed by atoms with E-state index in [1.807, 2.05) is 0 Å². The van der Waals surface area contributed by atoms with E-state index in [-0.39, 0.29) is 0 Å². The van der Waals surface area contributed by atoms with Gasteiger partial charge in [0, 0.05) is 19.1 Å². The van der Waals surface area contributed by atoms with E-state index < -0.39 is 0 Å². The van der Waals surface area contributed by atoms with Crippen LogP contribution >= 0.6 is 0 Å². The summed E-state index contributed by atoms with van der Waals surface area (Å²) in [6, 6.07) is 11.5. The Morgan fingerprint density at radius 2 is 1.95 bits per heavy atom. The monoisotopic (exact) mass is 260 g/mol. The summed E-state index contributed by atoms with van der Waals surface area (Å²) in [5, 5.41) is 3.66. The lowest BCUT2D eigenvalue weighted by Crippen LogP contribution is -2.31. The molecule has 1 heterocycles. The normalized spacial score (nSPS) is 22.0. The molecule has 0 radical (unpaired) electrons. The smallest absolute Gasteiger partial charge is 0.00387 e. The van der Waals surface area contributed by atoms with Crippen molar-refractivity contribution in [3.8, 4) is 0 Å². The minimum absolute atomic E-state index is 0.601. The Kier molecular flexibility index (Phi) is 5.41. The number of hydrogen-bond donors (Lipinski definition) is 1. The molecule has 1 N–H and O–H groups in total. The first-order chi connectivity index (χ1) is 9.16. The lowest BCUT2D eigenvalue weighted by atomic mass is 10.0. The summed E-state index contributed by atoms with van der Waals surface area (Å²) in [6.07, 6.45) is 1.35. The highest BCUT2D eigenvalue weighted by Gasteiger charge is 2.23. The van der Waals surface area contributed by atoms with E-state index in [0.29, 0.717) is 12.0 Å². The van der Waals surface area contributed by atoms with Gasteiger partial charge in [-0.25, -0.2) is 0 Å². The van der Waals surface area contributed by atoms with E-state index in [4.69, 9.17) is 0 Å². The van der Waals surface area contributed by atoms with Gasteiger partial charge in [-0.3, -0.25) is 0 Å². The fraction of sp³-hybridized carbons (Fsp3) is 0.647. The van der Waals surface area contributed by atoms with Crippen molar-refractivity contribution in [2.24, 2.45) is 5.92 Å². The second-order valence-electron chi connectivity index (χ2n) is 6.21. The van der Waals surface area contributed by atoms with Gasteiger partial charge in [-0.2, -0.15) is 0 Å². The SMILES string of the molecule is CC(CNCC1CCN(C(C)C)C1)c1ccccc1. The third-order valence-corrected chi connectivity index (χ3v) is 4.30. The average Bonchev–Trinajstić information content (AvgIpc) is 2.89. The summed E-state index contributed by atoms with van der Waals surface area (Å²) in [4.78, 5) is 2.59. The summed E-state index contributed by atoms with van der Waals surface area (Å²) in [5.41, 5.74) is 1.44. The Balaban J connectivity index is 1.67. The highest BCUT2D eigenvalue weighted by atomic mass is 15.2. The molecule has 2 heteroatoms. The van der Waals surface area contributed by atoms with Crippen molar-refractivity contribution in [1.29, 1.82) is 0 Å². The molecule has 2 atom stereocenters. The van der Waals surface area contributed by atoms with Crippen molar-refractivity contribution in [3.63, 3.8) is 0 Å². The number of hydrogen-bond acceptors (Lipinski definition) is 2. The lowest BCUT2D eigenvalue weighted by Gasteiger charge is -2.20. The van der Waals surface area contributed by atoms with Crippen molar-refractivity contribution in [1.82, 2.24) is 10.2 Å². The molecule has 1 fully saturated rings. The van der Waals surface area contributed by atoms with Gasteiger partial charge in [-0.05, 0) is 50.8 Å². The van der Waals surface area contributed by atoms with Crippen LogP contribution in [0.5, 0.6) is 0 Å². The molecule has 0 amide bonds. The molecule has 19 heavy (non-hydrogen) atoms. The molecule has 0 aliphatic carbocycles. The van der Waals surface area contributed by atoms with Gasteiger partial charge in [-0.15, -0.1) is 0 Å². The molecule has 2 unspecified atom stereocenters. The van der Waals surface area contributed by atoms with Crippen molar-refractivity contribution in [2.75, 3.05) is 26.2 Å². The fourth-order valence-electron chi connectivity index (χ4n) is 2.90. The van der Waals surface area contributed by atoms with Crippen LogP contribution in [-0.2, 0) is 0 Å². The third-order valence-electron chi connectivity index (χ3n) is 4.30. The Morgan fingerprint density at radius 1 is 1.21 bits per heavy atom. The molecule has 106 valence electrons. The molecule has 2 rings (SSSR count). The van der Waals surface area contributed by atoms with Crippen LogP contribution in [0.4, 0.5) is 0 Å². The van der Waals surface area contributed by atoms with Crippen LogP contribution in [0.1, 0.15) is 38.7 Å². The van der Waals surface area contributed by atoms with E-state index in [1.54, 1.807) is 0 Å². The van der Waals surface area contributed by atoms with E-state index in [1.165, 1.54) is 31.6 Å². The van der Waals surface area contributed by atoms with Crippen LogP contribution in [0, 0.1) is 5.92 Å². The zero-order valence-electron chi connectivity index (χ0n) is 12.6. The first kappa shape index (κ1) is 14.5. The molecule has 0 saturated carbocycles. The predicted octanol–water partition coefficient (Wildman–Crippen LogP) is 3.11. The number of rotatable bonds is 6. The van der Waals surface area contributed by atoms with Crippen LogP contribution in [0.3, 0.4) is 0 Å². The van der Waals surface area contributed by atoms with Gasteiger partial charge in [0.1, 0.15) is 0 Å². The molecular formula is C17H28N2. The van der Waals surface area contributed by atoms with Gasteiger partial charge >= 0.3 is 0 Å². The first-order valence-electron chi connectivity index (χ1n) is 7.66. The molecule has 0 spiro atoms. The van der Waals surface area contributed by atoms with Crippen molar-refractivity contribution in [3.05, 3.63) is 35.9 Å². The molecule has 1 aromatic carbocycles. The minimum atomic E-state index is 0.601. The summed E-state index contributed by atoms with van der Waals surface area (Å²) in [7, 11) is 0. The predicted molar refractivity (Wildman–Crippen MR) is 82.5 cm³/mol. The van der Waals surface area contributed by atoms with Crippen LogP contribution in [0.2, 0.25) is 0 Å². The van der Waals surface area contributed by atoms with Crippen LogP contribution in [0.25, 0.3) is 0 Å². The van der Waals surface area contributed by atoms with Crippen molar-refractivity contribution in [2.45, 2.75) is 39.2 Å². The highest BCUT2D eigenvalue weighted by molar-refractivity contribution is 5.18. The van der Waals surface area contributed by atoms with Crippen molar-refractivity contribution < 1.29 is 0 Å². The van der Waals surface area contributed by atoms with E-state index in [0.717, 1.165) is 12.5 Å². The summed E-state index contributed by atoms with van der Waals surface area (Å²) in [5.74, 6) is 1.44. The Labute approximate surface area is 118 Å². The minimum Gasteiger partial charge on any atom is -0.316 e. The topological polar surface area (TPSA) is 15.3 Å². The quantitative estimate of drug-likeness (QED) is 0.845. The van der Waals surface area contributed by atoms with Gasteiger partial charge in [0.05, 0.1) is 0 Å². The van der Waals surface area contributed by atoms with Crippen molar-refractivity contribution >= 4 is 0 Å². The largest absolute Gasteiger partial charge is 0.316 e. The number of likely N-dealkylation sites (tertiary alicyclic amines) is 1. The number of nitrogens with zero attached hydrogens (tertiary/aromatic N) is 1. The van der Waals surface area contributed by atoms with Gasteiger partial charge in [-0.1, -0.05) is 37.3 Å². The second-order valence-corrected chi connectivity index (χ2v) is 6.21. The van der Waals surface area contributed by atoms with Crippen LogP contribution in [0.15, 0.2) is 30.3 Å². The van der Waals surface area contributed by atoms with Gasteiger partial charge in [0.15, 0.2) is 0 Å². The Hall–Kier alpha value is -0.860. The van der Waals surface area contributed by atoms with Gasteiger partial charge < -0.3 is 10.2 Å². The average molecular weight is 260 g/mol. The standard InChI is InChI=1S/C17H28N2/c1-14(2)19-10-9-16(13-19)12-18-11-15(3)17-7-5-4-6-8-17/h4-8,14-16,18H,9-13H2,1-3H3. The van der Waals surface area contributed by atoms with Gasteiger partial charge in [0.25, 0.3) is 0 Å². The van der Waals surface area contributed by atoms with Crippen LogP contribution in [-0.4, -0.2) is 37.1 Å². The molecule has 0 aromatic heterocycles. The lowest BCUT2D eigenvalue weighted by molar-refractivity contribution is 0.264. The Morgan fingerprint density at radius 3 is 2.58 bits per heavy atom. The van der Waals surface area contributed by atoms with Gasteiger partial charge in [0.2, 0.25) is 0 Å². The zero-order chi connectivity index (χ0) is 13.7. The maximum absolute atomic E-state index is 3.66. The van der Waals surface area contributed by atoms with E-state index in [2.05, 4.69) is 61.3 Å². The molecule has 0 bridgehead atoms. The highest BCUT2D eigenvalue weighted by Crippen LogP contribution is 2.18. The molecule has 1 aromatic rings. The maximum atomic E-state index is 3.66. The second kappa shape index (κ2) is 7.06. The Bertz CT molecular complexity index is 361. The molecule has 1 aliphatic heterocycles. The maximum Gasteiger partial charge on any atom is 0.00387 e. The van der Waals surface area contributed by atoms with E-state index in [9.17, 15) is 0 Å². The number of nitrogens with one attached hydrogen (secondary N) is 1. The zero-order valence-corrected chi connectivity index (χ0v) is 12.6. The molecule has 1 saturated heterocycles. The molecule has 1 aliphatic rings. The summed E-state index contributed by atoms with van der Waals surface area (Å²) in [6.45, 7) is 11.7. The fourth-order valence-corrected chi connectivity index (χ4v) is 2.90. The first-order valence-corrected chi connectivity index (χ1v) is 7.66. The van der Waals surface area contributed by atoms with Crippen LogP contribution < -0.4 is 5.32 Å².